The van der Waals surface area contributed by atoms with Crippen LogP contribution in [-0.4, -0.2) is 10.9 Å². The molecule has 0 fully saturated rings. The van der Waals surface area contributed by atoms with Crippen LogP contribution in [0.25, 0.3) is 0 Å². The number of rotatable bonds is 1. The number of aryl methyl sites for hydroxylation is 2. The molecule has 0 aliphatic heterocycles. The summed E-state index contributed by atoms with van der Waals surface area (Å²) in [5.41, 5.74) is 7.27. The zero-order valence-electron chi connectivity index (χ0n) is 6.59. The van der Waals surface area contributed by atoms with Crippen molar-refractivity contribution in [3.8, 4) is 0 Å². The lowest BCUT2D eigenvalue weighted by Crippen LogP contribution is -2.13. The Kier molecular flexibility index (Phi) is 1.89. The average Bonchev–Trinajstić information content (AvgIpc) is 1.94. The zero-order valence-corrected chi connectivity index (χ0v) is 6.59. The lowest BCUT2D eigenvalue weighted by atomic mass is 10.2. The molecule has 0 spiro atoms. The first-order chi connectivity index (χ1) is 5.11. The number of hydrogen-bond acceptors (Lipinski definition) is 2. The molecule has 1 amide bonds. The van der Waals surface area contributed by atoms with Gasteiger partial charge in [0.1, 0.15) is 5.69 Å². The molecule has 0 radical (unpaired) electrons. The van der Waals surface area contributed by atoms with E-state index >= 15 is 0 Å². The Bertz CT molecular complexity index is 294. The standard InChI is InChI=1S/C8H10N2O/c1-5-3-4-7(8(9)11)10-6(5)2/h3-4H,1-2H3,(H2,9,11). The third kappa shape index (κ3) is 1.55. The molecule has 1 heterocycles. The number of nitrogens with zero attached hydrogens (tertiary/aromatic N) is 1. The summed E-state index contributed by atoms with van der Waals surface area (Å²) in [6.45, 7) is 3.79. The maximum Gasteiger partial charge on any atom is 0.267 e. The molecule has 1 aromatic rings. The molecule has 0 aromatic carbocycles. The molecule has 2 N–H and O–H groups in total. The maximum absolute atomic E-state index is 10.6. The van der Waals surface area contributed by atoms with E-state index in [2.05, 4.69) is 4.98 Å². The van der Waals surface area contributed by atoms with E-state index in [0.29, 0.717) is 5.69 Å². The van der Waals surface area contributed by atoms with Gasteiger partial charge in [-0.3, -0.25) is 4.79 Å². The maximum atomic E-state index is 10.6. The first-order valence-electron chi connectivity index (χ1n) is 3.35. The summed E-state index contributed by atoms with van der Waals surface area (Å²) in [5, 5.41) is 0. The summed E-state index contributed by atoms with van der Waals surface area (Å²) in [4.78, 5) is 14.6. The third-order valence-corrected chi connectivity index (χ3v) is 1.60. The van der Waals surface area contributed by atoms with Gasteiger partial charge in [0.05, 0.1) is 0 Å². The van der Waals surface area contributed by atoms with E-state index in [1.807, 2.05) is 19.9 Å². The van der Waals surface area contributed by atoms with Crippen LogP contribution in [0, 0.1) is 13.8 Å². The number of nitrogens with two attached hydrogens (primary N) is 1. The lowest BCUT2D eigenvalue weighted by Gasteiger charge is -1.99. The third-order valence-electron chi connectivity index (χ3n) is 1.60. The van der Waals surface area contributed by atoms with Gasteiger partial charge >= 0.3 is 0 Å². The molecule has 0 unspecified atom stereocenters. The van der Waals surface area contributed by atoms with E-state index in [9.17, 15) is 4.79 Å². The monoisotopic (exact) mass is 150 g/mol. The fourth-order valence-electron chi connectivity index (χ4n) is 0.768. The Balaban J connectivity index is 3.15. The highest BCUT2D eigenvalue weighted by molar-refractivity contribution is 5.90. The molecule has 0 bridgehead atoms. The Morgan fingerprint density at radius 1 is 1.45 bits per heavy atom. The Morgan fingerprint density at radius 3 is 2.55 bits per heavy atom. The van der Waals surface area contributed by atoms with E-state index in [0.717, 1.165) is 11.3 Å². The quantitative estimate of drug-likeness (QED) is 0.643. The van der Waals surface area contributed by atoms with Gasteiger partial charge < -0.3 is 5.73 Å². The first-order valence-corrected chi connectivity index (χ1v) is 3.35. The number of pyridine rings is 1. The molecule has 0 atom stereocenters. The van der Waals surface area contributed by atoms with Crippen LogP contribution in [0.3, 0.4) is 0 Å². The molecule has 0 saturated heterocycles. The number of carbonyl (C=O) groups is 1. The van der Waals surface area contributed by atoms with E-state index in [4.69, 9.17) is 5.73 Å². The molecule has 0 aliphatic rings. The summed E-state index contributed by atoms with van der Waals surface area (Å²) in [6, 6.07) is 3.47. The number of primary amides is 1. The predicted molar refractivity (Wildman–Crippen MR) is 42.2 cm³/mol. The lowest BCUT2D eigenvalue weighted by molar-refractivity contribution is 0.0995. The van der Waals surface area contributed by atoms with Crippen molar-refractivity contribution in [1.29, 1.82) is 0 Å². The smallest absolute Gasteiger partial charge is 0.267 e. The molecule has 11 heavy (non-hydrogen) atoms. The summed E-state index contributed by atoms with van der Waals surface area (Å²) in [7, 11) is 0. The van der Waals surface area contributed by atoms with Gasteiger partial charge in [-0.05, 0) is 25.5 Å². The van der Waals surface area contributed by atoms with Crippen molar-refractivity contribution < 1.29 is 4.79 Å². The largest absolute Gasteiger partial charge is 0.364 e. The molecule has 0 saturated carbocycles. The van der Waals surface area contributed by atoms with Crippen molar-refractivity contribution in [1.82, 2.24) is 4.98 Å². The van der Waals surface area contributed by atoms with Crippen LogP contribution < -0.4 is 5.73 Å². The van der Waals surface area contributed by atoms with Crippen LogP contribution in [0.5, 0.6) is 0 Å². The van der Waals surface area contributed by atoms with Gasteiger partial charge in [0.25, 0.3) is 5.91 Å². The Labute approximate surface area is 65.2 Å². The molecular weight excluding hydrogens is 140 g/mol. The van der Waals surface area contributed by atoms with Crippen molar-refractivity contribution in [3.63, 3.8) is 0 Å². The first kappa shape index (κ1) is 7.72. The van der Waals surface area contributed by atoms with Crippen LogP contribution >= 0.6 is 0 Å². The fraction of sp³-hybridized carbons (Fsp3) is 0.250. The molecule has 3 heteroatoms. The number of carbonyl (C=O) groups excluding carboxylic acids is 1. The van der Waals surface area contributed by atoms with E-state index in [-0.39, 0.29) is 0 Å². The highest BCUT2D eigenvalue weighted by Gasteiger charge is 2.01. The fourth-order valence-corrected chi connectivity index (χ4v) is 0.768. The van der Waals surface area contributed by atoms with Crippen molar-refractivity contribution in [3.05, 3.63) is 29.1 Å². The van der Waals surface area contributed by atoms with Gasteiger partial charge in [0.2, 0.25) is 0 Å². The average molecular weight is 150 g/mol. The normalized spacial score (nSPS) is 9.64. The van der Waals surface area contributed by atoms with E-state index < -0.39 is 5.91 Å². The van der Waals surface area contributed by atoms with Crippen molar-refractivity contribution in [2.24, 2.45) is 5.73 Å². The molecule has 3 nitrogen and oxygen atoms in total. The highest BCUT2D eigenvalue weighted by atomic mass is 16.1. The highest BCUT2D eigenvalue weighted by Crippen LogP contribution is 2.03. The van der Waals surface area contributed by atoms with Gasteiger partial charge in [-0.1, -0.05) is 6.07 Å². The van der Waals surface area contributed by atoms with Gasteiger partial charge in [0.15, 0.2) is 0 Å². The summed E-state index contributed by atoms with van der Waals surface area (Å²) < 4.78 is 0. The zero-order chi connectivity index (χ0) is 8.43. The Hall–Kier alpha value is -1.38. The van der Waals surface area contributed by atoms with Gasteiger partial charge in [-0.15, -0.1) is 0 Å². The second-order valence-corrected chi connectivity index (χ2v) is 2.46. The number of aromatic nitrogens is 1. The van der Waals surface area contributed by atoms with E-state index in [1.54, 1.807) is 6.07 Å². The van der Waals surface area contributed by atoms with Crippen molar-refractivity contribution in [2.75, 3.05) is 0 Å². The van der Waals surface area contributed by atoms with Crippen LogP contribution in [-0.2, 0) is 0 Å². The SMILES string of the molecule is Cc1ccc(C(N)=O)nc1C. The second-order valence-electron chi connectivity index (χ2n) is 2.46. The summed E-state index contributed by atoms with van der Waals surface area (Å²) in [6.07, 6.45) is 0. The Morgan fingerprint density at radius 2 is 2.09 bits per heavy atom. The molecule has 1 aromatic heterocycles. The second kappa shape index (κ2) is 2.70. The topological polar surface area (TPSA) is 56.0 Å². The summed E-state index contributed by atoms with van der Waals surface area (Å²) >= 11 is 0. The predicted octanol–water partition coefficient (Wildman–Crippen LogP) is 0.797. The number of amides is 1. The van der Waals surface area contributed by atoms with Gasteiger partial charge in [0, 0.05) is 5.69 Å². The molecule has 1 rings (SSSR count). The minimum Gasteiger partial charge on any atom is -0.364 e. The van der Waals surface area contributed by atoms with E-state index in [1.165, 1.54) is 0 Å². The van der Waals surface area contributed by atoms with Gasteiger partial charge in [-0.25, -0.2) is 4.98 Å². The molecular formula is C8H10N2O. The van der Waals surface area contributed by atoms with Crippen LogP contribution in [0.15, 0.2) is 12.1 Å². The minimum absolute atomic E-state index is 0.327. The molecule has 0 aliphatic carbocycles. The minimum atomic E-state index is -0.479. The van der Waals surface area contributed by atoms with Gasteiger partial charge in [-0.2, -0.15) is 0 Å². The molecule has 58 valence electrons. The van der Waals surface area contributed by atoms with Crippen LogP contribution in [0.4, 0.5) is 0 Å². The summed E-state index contributed by atoms with van der Waals surface area (Å²) in [5.74, 6) is -0.479. The van der Waals surface area contributed by atoms with Crippen LogP contribution in [0.2, 0.25) is 0 Å². The van der Waals surface area contributed by atoms with Crippen molar-refractivity contribution >= 4 is 5.91 Å². The van der Waals surface area contributed by atoms with Crippen LogP contribution in [0.1, 0.15) is 21.7 Å². The van der Waals surface area contributed by atoms with Crippen molar-refractivity contribution in [2.45, 2.75) is 13.8 Å². The number of hydrogen-bond donors (Lipinski definition) is 1.